The first-order valence-corrected chi connectivity index (χ1v) is 11.1. The third kappa shape index (κ3) is 4.96. The standard InChI is InChI=1S/C27H21Cl2N3O/c1-17-7-10-25(18(2)11-17)31-27(33)20(14-30)12-21-16-32(26-6-4-3-5-23(21)26)15-19-8-9-22(28)13-24(19)29/h3-13,16H,15H2,1-2H3,(H,31,33)/b20-12+. The number of hydrogen-bond acceptors (Lipinski definition) is 2. The van der Waals surface area contributed by atoms with Crippen molar-refractivity contribution in [1.29, 1.82) is 5.26 Å². The van der Waals surface area contributed by atoms with Crippen molar-refractivity contribution in [2.45, 2.75) is 20.4 Å². The third-order valence-electron chi connectivity index (χ3n) is 5.47. The van der Waals surface area contributed by atoms with Gasteiger partial charge in [0.1, 0.15) is 11.6 Å². The quantitative estimate of drug-likeness (QED) is 0.247. The second-order valence-electron chi connectivity index (χ2n) is 7.91. The molecule has 0 bridgehead atoms. The van der Waals surface area contributed by atoms with Gasteiger partial charge in [-0.1, -0.05) is 65.2 Å². The van der Waals surface area contributed by atoms with Gasteiger partial charge >= 0.3 is 0 Å². The van der Waals surface area contributed by atoms with Crippen molar-refractivity contribution in [1.82, 2.24) is 4.57 Å². The molecule has 4 aromatic rings. The van der Waals surface area contributed by atoms with Crippen LogP contribution in [0.2, 0.25) is 10.0 Å². The molecular weight excluding hydrogens is 453 g/mol. The molecule has 0 spiro atoms. The Hall–Kier alpha value is -3.52. The minimum atomic E-state index is -0.443. The van der Waals surface area contributed by atoms with Crippen molar-refractivity contribution in [2.75, 3.05) is 5.32 Å². The van der Waals surface area contributed by atoms with Gasteiger partial charge in [0.15, 0.2) is 0 Å². The minimum Gasteiger partial charge on any atom is -0.342 e. The highest BCUT2D eigenvalue weighted by atomic mass is 35.5. The second-order valence-corrected chi connectivity index (χ2v) is 8.75. The summed E-state index contributed by atoms with van der Waals surface area (Å²) in [5, 5.41) is 14.7. The highest BCUT2D eigenvalue weighted by molar-refractivity contribution is 6.35. The molecule has 1 heterocycles. The summed E-state index contributed by atoms with van der Waals surface area (Å²) >= 11 is 12.4. The Balaban J connectivity index is 1.69. The van der Waals surface area contributed by atoms with E-state index in [-0.39, 0.29) is 5.57 Å². The minimum absolute atomic E-state index is 0.0300. The lowest BCUT2D eigenvalue weighted by molar-refractivity contribution is -0.112. The maximum atomic E-state index is 12.9. The van der Waals surface area contributed by atoms with Crippen molar-refractivity contribution < 1.29 is 4.79 Å². The van der Waals surface area contributed by atoms with E-state index in [4.69, 9.17) is 23.2 Å². The summed E-state index contributed by atoms with van der Waals surface area (Å²) in [5.41, 5.74) is 5.44. The first-order valence-electron chi connectivity index (χ1n) is 10.4. The summed E-state index contributed by atoms with van der Waals surface area (Å²) in [6.45, 7) is 4.45. The van der Waals surface area contributed by atoms with Gasteiger partial charge in [-0.2, -0.15) is 5.26 Å². The average Bonchev–Trinajstić information content (AvgIpc) is 3.13. The molecule has 4 rings (SSSR count). The number of rotatable bonds is 5. The maximum Gasteiger partial charge on any atom is 0.266 e. The molecule has 0 radical (unpaired) electrons. The number of anilines is 1. The Morgan fingerprint density at radius 1 is 1.09 bits per heavy atom. The number of nitrogens with zero attached hydrogens (tertiary/aromatic N) is 2. The SMILES string of the molecule is Cc1ccc(NC(=O)/C(C#N)=C/c2cn(Cc3ccc(Cl)cc3Cl)c3ccccc23)c(C)c1. The number of aromatic nitrogens is 1. The first-order chi connectivity index (χ1) is 15.9. The number of halogens is 2. The van der Waals surface area contributed by atoms with E-state index in [2.05, 4.69) is 5.32 Å². The molecule has 164 valence electrons. The summed E-state index contributed by atoms with van der Waals surface area (Å²) in [4.78, 5) is 12.9. The molecule has 0 unspecified atom stereocenters. The zero-order valence-corrected chi connectivity index (χ0v) is 19.7. The Kier molecular flexibility index (Phi) is 6.55. The van der Waals surface area contributed by atoms with Crippen LogP contribution in [0.25, 0.3) is 17.0 Å². The fourth-order valence-electron chi connectivity index (χ4n) is 3.80. The van der Waals surface area contributed by atoms with Gasteiger partial charge in [0.05, 0.1) is 0 Å². The summed E-state index contributed by atoms with van der Waals surface area (Å²) in [6, 6.07) is 21.1. The number of amides is 1. The van der Waals surface area contributed by atoms with Gasteiger partial charge in [0, 0.05) is 44.9 Å². The van der Waals surface area contributed by atoms with Crippen molar-refractivity contribution in [3.63, 3.8) is 0 Å². The molecule has 0 aliphatic rings. The number of hydrogen-bond donors (Lipinski definition) is 1. The average molecular weight is 474 g/mol. The highest BCUT2D eigenvalue weighted by Crippen LogP contribution is 2.28. The maximum absolute atomic E-state index is 12.9. The van der Waals surface area contributed by atoms with Gasteiger partial charge in [-0.15, -0.1) is 0 Å². The van der Waals surface area contributed by atoms with E-state index < -0.39 is 5.91 Å². The van der Waals surface area contributed by atoms with Gasteiger partial charge in [0.2, 0.25) is 0 Å². The van der Waals surface area contributed by atoms with Gasteiger partial charge in [-0.25, -0.2) is 0 Å². The Morgan fingerprint density at radius 3 is 2.61 bits per heavy atom. The lowest BCUT2D eigenvalue weighted by Gasteiger charge is -2.08. The van der Waals surface area contributed by atoms with Gasteiger partial charge in [-0.05, 0) is 55.3 Å². The van der Waals surface area contributed by atoms with Crippen LogP contribution in [0.3, 0.4) is 0 Å². The van der Waals surface area contributed by atoms with Crippen molar-refractivity contribution >= 4 is 51.8 Å². The number of benzene rings is 3. The summed E-state index contributed by atoms with van der Waals surface area (Å²) in [6.07, 6.45) is 3.55. The zero-order valence-electron chi connectivity index (χ0n) is 18.2. The van der Waals surface area contributed by atoms with Crippen LogP contribution in [0.4, 0.5) is 5.69 Å². The molecule has 0 atom stereocenters. The highest BCUT2D eigenvalue weighted by Gasteiger charge is 2.14. The van der Waals surface area contributed by atoms with E-state index in [9.17, 15) is 10.1 Å². The van der Waals surface area contributed by atoms with E-state index in [1.165, 1.54) is 0 Å². The summed E-state index contributed by atoms with van der Waals surface area (Å²) < 4.78 is 2.05. The number of carbonyl (C=O) groups excluding carboxylic acids is 1. The molecule has 3 aromatic carbocycles. The molecule has 0 saturated heterocycles. The Labute approximate surface area is 202 Å². The van der Waals surface area contributed by atoms with Gasteiger partial charge in [-0.3, -0.25) is 4.79 Å². The molecular formula is C27H21Cl2N3O. The smallest absolute Gasteiger partial charge is 0.266 e. The van der Waals surface area contributed by atoms with Crippen LogP contribution in [0.5, 0.6) is 0 Å². The van der Waals surface area contributed by atoms with Crippen molar-refractivity contribution in [3.8, 4) is 6.07 Å². The molecule has 0 fully saturated rings. The van der Waals surface area contributed by atoms with Crippen molar-refractivity contribution in [2.24, 2.45) is 0 Å². The van der Waals surface area contributed by atoms with Crippen molar-refractivity contribution in [3.05, 3.63) is 105 Å². The predicted molar refractivity (Wildman–Crippen MR) is 136 cm³/mol. The second kappa shape index (κ2) is 9.54. The van der Waals surface area contributed by atoms with Crippen LogP contribution >= 0.6 is 23.2 Å². The van der Waals surface area contributed by atoms with Gasteiger partial charge < -0.3 is 9.88 Å². The van der Waals surface area contributed by atoms with Crippen LogP contribution in [-0.2, 0) is 11.3 Å². The molecule has 0 saturated carbocycles. The van der Waals surface area contributed by atoms with Crippen LogP contribution in [0.15, 0.2) is 72.4 Å². The summed E-state index contributed by atoms with van der Waals surface area (Å²) in [5.74, 6) is -0.443. The fourth-order valence-corrected chi connectivity index (χ4v) is 4.27. The zero-order chi connectivity index (χ0) is 23.5. The third-order valence-corrected chi connectivity index (χ3v) is 6.06. The monoisotopic (exact) mass is 473 g/mol. The Bertz CT molecular complexity index is 1440. The van der Waals surface area contributed by atoms with Crippen LogP contribution in [-0.4, -0.2) is 10.5 Å². The first kappa shape index (κ1) is 22.7. The van der Waals surface area contributed by atoms with Crippen LogP contribution < -0.4 is 5.32 Å². The Morgan fingerprint density at radius 2 is 1.88 bits per heavy atom. The molecule has 6 heteroatoms. The van der Waals surface area contributed by atoms with E-state index in [1.54, 1.807) is 18.2 Å². The largest absolute Gasteiger partial charge is 0.342 e. The molecule has 0 aliphatic heterocycles. The van der Waals surface area contributed by atoms with E-state index >= 15 is 0 Å². The van der Waals surface area contributed by atoms with E-state index in [0.29, 0.717) is 22.3 Å². The number of nitriles is 1. The number of carbonyl (C=O) groups is 1. The lowest BCUT2D eigenvalue weighted by atomic mass is 10.1. The molecule has 1 aromatic heterocycles. The number of aryl methyl sites for hydroxylation is 2. The topological polar surface area (TPSA) is 57.8 Å². The van der Waals surface area contributed by atoms with E-state index in [0.717, 1.165) is 33.2 Å². The fraction of sp³-hybridized carbons (Fsp3) is 0.111. The molecule has 0 aliphatic carbocycles. The number of fused-ring (bicyclic) bond motifs is 1. The predicted octanol–water partition coefficient (Wildman–Crippen LogP) is 7.16. The molecule has 1 amide bonds. The lowest BCUT2D eigenvalue weighted by Crippen LogP contribution is -2.14. The normalized spacial score (nSPS) is 11.4. The van der Waals surface area contributed by atoms with E-state index in [1.807, 2.05) is 79.2 Å². The summed E-state index contributed by atoms with van der Waals surface area (Å²) in [7, 11) is 0. The van der Waals surface area contributed by atoms with Crippen LogP contribution in [0, 0.1) is 25.2 Å². The molecule has 1 N–H and O–H groups in total. The number of para-hydroxylation sites is 1. The number of nitrogens with one attached hydrogen (secondary N) is 1. The van der Waals surface area contributed by atoms with Crippen LogP contribution in [0.1, 0.15) is 22.3 Å². The molecule has 4 nitrogen and oxygen atoms in total. The van der Waals surface area contributed by atoms with Gasteiger partial charge in [0.25, 0.3) is 5.91 Å². The molecule has 33 heavy (non-hydrogen) atoms.